The minimum Gasteiger partial charge on any atom is -0.461 e. The Morgan fingerprint density at radius 3 is 2.92 bits per heavy atom. The van der Waals surface area contributed by atoms with E-state index in [2.05, 4.69) is 20.0 Å². The van der Waals surface area contributed by atoms with Gasteiger partial charge in [-0.25, -0.2) is 4.79 Å². The van der Waals surface area contributed by atoms with Gasteiger partial charge in [-0.2, -0.15) is 5.10 Å². The molecule has 26 heavy (non-hydrogen) atoms. The van der Waals surface area contributed by atoms with E-state index in [1.807, 2.05) is 0 Å². The number of nitrogens with one attached hydrogen (secondary N) is 1. The van der Waals surface area contributed by atoms with Gasteiger partial charge in [0.15, 0.2) is 5.00 Å². The minimum absolute atomic E-state index is 0.0165. The molecule has 0 unspecified atom stereocenters. The Balaban J connectivity index is 1.69. The third-order valence-electron chi connectivity index (χ3n) is 3.52. The Labute approximate surface area is 151 Å². The van der Waals surface area contributed by atoms with E-state index in [0.29, 0.717) is 10.9 Å². The molecule has 0 fully saturated rings. The number of carbonyl (C=O) groups is 2. The molecule has 0 aliphatic rings. The van der Waals surface area contributed by atoms with Crippen LogP contribution in [-0.2, 0) is 16.1 Å². The van der Waals surface area contributed by atoms with Crippen molar-refractivity contribution in [2.45, 2.75) is 19.9 Å². The van der Waals surface area contributed by atoms with Crippen molar-refractivity contribution < 1.29 is 14.3 Å². The van der Waals surface area contributed by atoms with Crippen LogP contribution >= 0.6 is 11.5 Å². The predicted molar refractivity (Wildman–Crippen MR) is 95.1 cm³/mol. The summed E-state index contributed by atoms with van der Waals surface area (Å²) in [5.41, 5.74) is 0.465. The number of rotatable bonds is 6. The van der Waals surface area contributed by atoms with Crippen molar-refractivity contribution in [3.8, 4) is 0 Å². The number of aryl methyl sites for hydroxylation is 1. The average molecular weight is 373 g/mol. The quantitative estimate of drug-likeness (QED) is 0.650. The number of anilines is 1. The van der Waals surface area contributed by atoms with E-state index in [4.69, 9.17) is 4.74 Å². The van der Waals surface area contributed by atoms with Gasteiger partial charge in [0.2, 0.25) is 17.0 Å². The summed E-state index contributed by atoms with van der Waals surface area (Å²) in [5.74, 6) is -0.962. The normalized spacial score (nSPS) is 10.7. The number of aromatic nitrogens is 4. The Morgan fingerprint density at radius 2 is 2.12 bits per heavy atom. The second-order valence-corrected chi connectivity index (χ2v) is 5.97. The zero-order valence-corrected chi connectivity index (χ0v) is 14.7. The number of nitrogens with zero attached hydrogens (tertiary/aromatic N) is 4. The Morgan fingerprint density at radius 1 is 1.31 bits per heavy atom. The molecule has 0 bridgehead atoms. The van der Waals surface area contributed by atoms with Gasteiger partial charge in [0, 0.05) is 23.3 Å². The fourth-order valence-electron chi connectivity index (χ4n) is 2.34. The molecule has 3 aromatic rings. The number of para-hydroxylation sites is 1. The van der Waals surface area contributed by atoms with Gasteiger partial charge in [-0.15, -0.1) is 5.10 Å². The maximum Gasteiger partial charge on any atom is 0.362 e. The molecule has 0 saturated carbocycles. The molecule has 1 amide bonds. The molecule has 0 spiro atoms. The highest BCUT2D eigenvalue weighted by Crippen LogP contribution is 2.19. The SMILES string of the molecule is CCOC(=O)c1nnsc1NC(=O)CCn1ncc(=O)c2ccccc21. The van der Waals surface area contributed by atoms with E-state index in [1.54, 1.807) is 35.9 Å². The molecular weight excluding hydrogens is 358 g/mol. The number of carbonyl (C=O) groups excluding carboxylic acids is 2. The van der Waals surface area contributed by atoms with Crippen molar-refractivity contribution in [3.05, 3.63) is 46.4 Å². The smallest absolute Gasteiger partial charge is 0.362 e. The highest BCUT2D eigenvalue weighted by atomic mass is 32.1. The van der Waals surface area contributed by atoms with Gasteiger partial charge < -0.3 is 10.1 Å². The van der Waals surface area contributed by atoms with Gasteiger partial charge >= 0.3 is 5.97 Å². The largest absolute Gasteiger partial charge is 0.461 e. The maximum atomic E-state index is 12.2. The van der Waals surface area contributed by atoms with Crippen LogP contribution in [0, 0.1) is 0 Å². The number of esters is 1. The van der Waals surface area contributed by atoms with E-state index >= 15 is 0 Å². The Hall–Kier alpha value is -3.14. The van der Waals surface area contributed by atoms with E-state index < -0.39 is 5.97 Å². The topological polar surface area (TPSA) is 116 Å². The predicted octanol–water partition coefficient (Wildman–Crippen LogP) is 1.45. The van der Waals surface area contributed by atoms with E-state index in [0.717, 1.165) is 11.5 Å². The Bertz CT molecular complexity index is 1010. The number of benzene rings is 1. The number of hydrogen-bond donors (Lipinski definition) is 1. The van der Waals surface area contributed by atoms with Crippen LogP contribution in [0.2, 0.25) is 0 Å². The summed E-state index contributed by atoms with van der Waals surface area (Å²) in [5, 5.41) is 11.2. The lowest BCUT2D eigenvalue weighted by Crippen LogP contribution is -2.19. The molecule has 2 heterocycles. The maximum absolute atomic E-state index is 12.2. The van der Waals surface area contributed by atoms with Crippen LogP contribution in [0.15, 0.2) is 35.3 Å². The van der Waals surface area contributed by atoms with Crippen LogP contribution < -0.4 is 10.7 Å². The van der Waals surface area contributed by atoms with Crippen molar-refractivity contribution in [1.82, 2.24) is 19.4 Å². The second kappa shape index (κ2) is 7.83. The highest BCUT2D eigenvalue weighted by molar-refractivity contribution is 7.10. The zero-order valence-electron chi connectivity index (χ0n) is 13.8. The molecule has 0 radical (unpaired) electrons. The average Bonchev–Trinajstić information content (AvgIpc) is 3.10. The van der Waals surface area contributed by atoms with E-state index in [-0.39, 0.29) is 41.6 Å². The third-order valence-corrected chi connectivity index (χ3v) is 4.16. The molecule has 0 aliphatic carbocycles. The van der Waals surface area contributed by atoms with Crippen molar-refractivity contribution in [3.63, 3.8) is 0 Å². The number of amides is 1. The third kappa shape index (κ3) is 3.75. The fourth-order valence-corrected chi connectivity index (χ4v) is 2.92. The fraction of sp³-hybridized carbons (Fsp3) is 0.250. The monoisotopic (exact) mass is 373 g/mol. The van der Waals surface area contributed by atoms with Crippen LogP contribution in [-0.4, -0.2) is 37.9 Å². The summed E-state index contributed by atoms with van der Waals surface area (Å²) in [6.07, 6.45) is 1.33. The molecule has 2 aromatic heterocycles. The van der Waals surface area contributed by atoms with Gasteiger partial charge in [-0.1, -0.05) is 16.6 Å². The molecule has 10 heteroatoms. The van der Waals surface area contributed by atoms with Gasteiger partial charge in [0.05, 0.1) is 24.9 Å². The number of hydrogen-bond acceptors (Lipinski definition) is 8. The first-order valence-corrected chi connectivity index (χ1v) is 8.61. The molecule has 1 aromatic carbocycles. The van der Waals surface area contributed by atoms with Crippen LogP contribution in [0.1, 0.15) is 23.8 Å². The highest BCUT2D eigenvalue weighted by Gasteiger charge is 2.19. The summed E-state index contributed by atoms with van der Waals surface area (Å²) in [4.78, 5) is 35.8. The second-order valence-electron chi connectivity index (χ2n) is 5.22. The van der Waals surface area contributed by atoms with Crippen molar-refractivity contribution in [2.75, 3.05) is 11.9 Å². The van der Waals surface area contributed by atoms with Crippen LogP contribution in [0.25, 0.3) is 10.9 Å². The first kappa shape index (κ1) is 17.7. The van der Waals surface area contributed by atoms with Crippen molar-refractivity contribution in [1.29, 1.82) is 0 Å². The number of fused-ring (bicyclic) bond motifs is 1. The molecule has 3 rings (SSSR count). The first-order valence-electron chi connectivity index (χ1n) is 7.84. The molecule has 1 N–H and O–H groups in total. The summed E-state index contributed by atoms with van der Waals surface area (Å²) in [6.45, 7) is 2.15. The summed E-state index contributed by atoms with van der Waals surface area (Å²) in [7, 11) is 0. The van der Waals surface area contributed by atoms with E-state index in [1.165, 1.54) is 6.20 Å². The summed E-state index contributed by atoms with van der Waals surface area (Å²) >= 11 is 0.901. The molecule has 0 atom stereocenters. The molecular formula is C16H15N5O4S. The summed E-state index contributed by atoms with van der Waals surface area (Å²) in [6, 6.07) is 7.06. The van der Waals surface area contributed by atoms with E-state index in [9.17, 15) is 14.4 Å². The lowest BCUT2D eigenvalue weighted by Gasteiger charge is -2.09. The first-order chi connectivity index (χ1) is 12.6. The minimum atomic E-state index is -0.635. The lowest BCUT2D eigenvalue weighted by atomic mass is 10.2. The van der Waals surface area contributed by atoms with Crippen LogP contribution in [0.4, 0.5) is 5.00 Å². The van der Waals surface area contributed by atoms with Crippen LogP contribution in [0.3, 0.4) is 0 Å². The van der Waals surface area contributed by atoms with Gasteiger partial charge in [0.1, 0.15) is 0 Å². The standard InChI is InChI=1S/C16H15N5O4S/c1-2-25-16(24)14-15(26-20-19-14)18-13(23)7-8-21-11-6-4-3-5-10(11)12(22)9-17-21/h3-6,9H,2,7-8H2,1H3,(H,18,23). The van der Waals surface area contributed by atoms with Gasteiger partial charge in [-0.3, -0.25) is 14.3 Å². The van der Waals surface area contributed by atoms with Gasteiger partial charge in [-0.05, 0) is 19.1 Å². The van der Waals surface area contributed by atoms with Crippen molar-refractivity contribution in [2.24, 2.45) is 0 Å². The van der Waals surface area contributed by atoms with Crippen LogP contribution in [0.5, 0.6) is 0 Å². The molecule has 9 nitrogen and oxygen atoms in total. The number of ether oxygens (including phenoxy) is 1. The summed E-state index contributed by atoms with van der Waals surface area (Å²) < 4.78 is 10.1. The zero-order chi connectivity index (χ0) is 18.5. The molecule has 0 aliphatic heterocycles. The molecule has 134 valence electrons. The van der Waals surface area contributed by atoms with Gasteiger partial charge in [0.25, 0.3) is 0 Å². The van der Waals surface area contributed by atoms with Crippen molar-refractivity contribution >= 4 is 39.3 Å². The lowest BCUT2D eigenvalue weighted by molar-refractivity contribution is -0.116. The Kier molecular flexibility index (Phi) is 5.32. The molecule has 0 saturated heterocycles.